The van der Waals surface area contributed by atoms with Crippen molar-refractivity contribution in [2.45, 2.75) is 11.1 Å². The number of benzene rings is 2. The summed E-state index contributed by atoms with van der Waals surface area (Å²) in [5, 5.41) is 14.6. The zero-order valence-electron chi connectivity index (χ0n) is 16.4. The number of hydrogen-bond donors (Lipinski definition) is 2. The van der Waals surface area contributed by atoms with Crippen LogP contribution in [0, 0.1) is 0 Å². The van der Waals surface area contributed by atoms with E-state index in [0.717, 1.165) is 16.8 Å². The second-order valence-corrected chi connectivity index (χ2v) is 9.54. The molecule has 0 aliphatic carbocycles. The molecule has 0 saturated carbocycles. The maximum absolute atomic E-state index is 11.8. The summed E-state index contributed by atoms with van der Waals surface area (Å²) in [6.07, 6.45) is 3.88. The van der Waals surface area contributed by atoms with E-state index in [-0.39, 0.29) is 4.90 Å². The standard InChI is InChI=1S/C22H20ClN3O3S/c1-26-20-12-21(25-15-6-5-7-16(11-15)30(2,28)29)24-13-14(20)10-18(22(26)27)17-8-3-4-9-19(17)23/h3-13,22,27H,1-2H3,(H,24,25). The van der Waals surface area contributed by atoms with Crippen LogP contribution in [-0.4, -0.2) is 38.0 Å². The molecule has 1 aromatic heterocycles. The van der Waals surface area contributed by atoms with Crippen LogP contribution in [-0.2, 0) is 9.84 Å². The summed E-state index contributed by atoms with van der Waals surface area (Å²) in [5.74, 6) is 0.535. The summed E-state index contributed by atoms with van der Waals surface area (Å²) in [6.45, 7) is 0. The molecule has 0 saturated heterocycles. The molecule has 1 aliphatic heterocycles. The van der Waals surface area contributed by atoms with Crippen molar-refractivity contribution in [2.24, 2.45) is 0 Å². The van der Waals surface area contributed by atoms with E-state index >= 15 is 0 Å². The number of aliphatic hydroxyl groups is 1. The quantitative estimate of drug-likeness (QED) is 0.631. The highest BCUT2D eigenvalue weighted by atomic mass is 35.5. The number of rotatable bonds is 4. The Morgan fingerprint density at radius 2 is 1.90 bits per heavy atom. The van der Waals surface area contributed by atoms with Crippen molar-refractivity contribution in [3.63, 3.8) is 0 Å². The van der Waals surface area contributed by atoms with Crippen LogP contribution in [0.15, 0.2) is 65.7 Å². The largest absolute Gasteiger partial charge is 0.369 e. The second kappa shape index (κ2) is 7.75. The zero-order chi connectivity index (χ0) is 21.5. The molecule has 0 radical (unpaired) electrons. The first-order valence-electron chi connectivity index (χ1n) is 9.18. The lowest BCUT2D eigenvalue weighted by molar-refractivity contribution is 0.232. The van der Waals surface area contributed by atoms with Gasteiger partial charge in [0.25, 0.3) is 0 Å². The number of anilines is 3. The minimum Gasteiger partial charge on any atom is -0.369 e. The Balaban J connectivity index is 1.69. The number of fused-ring (bicyclic) bond motifs is 1. The molecule has 2 aromatic carbocycles. The van der Waals surface area contributed by atoms with E-state index in [9.17, 15) is 13.5 Å². The molecule has 2 heterocycles. The van der Waals surface area contributed by atoms with E-state index in [1.807, 2.05) is 30.3 Å². The number of halogens is 1. The summed E-state index contributed by atoms with van der Waals surface area (Å²) in [6, 6.07) is 15.7. The van der Waals surface area contributed by atoms with Gasteiger partial charge in [0.15, 0.2) is 16.1 Å². The molecule has 6 nitrogen and oxygen atoms in total. The fraction of sp³-hybridized carbons (Fsp3) is 0.136. The number of nitrogens with one attached hydrogen (secondary N) is 1. The van der Waals surface area contributed by atoms with Gasteiger partial charge in [-0.2, -0.15) is 0 Å². The number of hydrogen-bond acceptors (Lipinski definition) is 6. The molecule has 0 fully saturated rings. The molecule has 2 N–H and O–H groups in total. The SMILES string of the molecule is CN1c2cc(Nc3cccc(S(C)(=O)=O)c3)ncc2C=C(c2ccccc2Cl)C1O. The van der Waals surface area contributed by atoms with Gasteiger partial charge in [-0.25, -0.2) is 13.4 Å². The first-order chi connectivity index (χ1) is 14.2. The first-order valence-corrected chi connectivity index (χ1v) is 11.5. The molecule has 30 heavy (non-hydrogen) atoms. The summed E-state index contributed by atoms with van der Waals surface area (Å²) in [5.41, 5.74) is 3.70. The predicted molar refractivity (Wildman–Crippen MR) is 121 cm³/mol. The van der Waals surface area contributed by atoms with Crippen molar-refractivity contribution in [1.82, 2.24) is 4.98 Å². The fourth-order valence-electron chi connectivity index (χ4n) is 3.39. The normalized spacial score (nSPS) is 16.1. The molecule has 8 heteroatoms. The third kappa shape index (κ3) is 3.92. The lowest BCUT2D eigenvalue weighted by Gasteiger charge is -2.33. The molecular formula is C22H20ClN3O3S. The van der Waals surface area contributed by atoms with Gasteiger partial charge in [0.2, 0.25) is 0 Å². The van der Waals surface area contributed by atoms with Crippen LogP contribution in [0.4, 0.5) is 17.2 Å². The first kappa shape index (κ1) is 20.4. The number of pyridine rings is 1. The second-order valence-electron chi connectivity index (χ2n) is 7.12. The molecule has 3 aromatic rings. The Labute approximate surface area is 180 Å². The number of nitrogens with zero attached hydrogens (tertiary/aromatic N) is 2. The van der Waals surface area contributed by atoms with Crippen molar-refractivity contribution in [1.29, 1.82) is 0 Å². The lowest BCUT2D eigenvalue weighted by atomic mass is 9.96. The van der Waals surface area contributed by atoms with Gasteiger partial charge in [0.1, 0.15) is 5.82 Å². The minimum atomic E-state index is -3.30. The van der Waals surface area contributed by atoms with Gasteiger partial charge in [-0.15, -0.1) is 0 Å². The van der Waals surface area contributed by atoms with Crippen molar-refractivity contribution in [2.75, 3.05) is 23.5 Å². The molecule has 0 amide bonds. The van der Waals surface area contributed by atoms with Crippen molar-refractivity contribution >= 4 is 50.3 Å². The van der Waals surface area contributed by atoms with Gasteiger partial charge < -0.3 is 15.3 Å². The van der Waals surface area contributed by atoms with Gasteiger partial charge in [0.05, 0.1) is 10.6 Å². The molecule has 154 valence electrons. The van der Waals surface area contributed by atoms with Crippen LogP contribution in [0.1, 0.15) is 11.1 Å². The van der Waals surface area contributed by atoms with Gasteiger partial charge in [0, 0.05) is 53.0 Å². The third-order valence-electron chi connectivity index (χ3n) is 4.97. The molecule has 1 unspecified atom stereocenters. The van der Waals surface area contributed by atoms with Gasteiger partial charge in [-0.3, -0.25) is 0 Å². The maximum atomic E-state index is 11.8. The average molecular weight is 442 g/mol. The lowest BCUT2D eigenvalue weighted by Crippen LogP contribution is -2.35. The number of aromatic nitrogens is 1. The van der Waals surface area contributed by atoms with Crippen LogP contribution < -0.4 is 10.2 Å². The molecule has 1 aliphatic rings. The minimum absolute atomic E-state index is 0.227. The highest BCUT2D eigenvalue weighted by Gasteiger charge is 2.26. The number of aliphatic hydroxyl groups excluding tert-OH is 1. The predicted octanol–water partition coefficient (Wildman–Crippen LogP) is 4.19. The van der Waals surface area contributed by atoms with E-state index in [0.29, 0.717) is 22.1 Å². The molecule has 0 bridgehead atoms. The summed E-state index contributed by atoms with van der Waals surface area (Å²) >= 11 is 6.32. The topological polar surface area (TPSA) is 82.5 Å². The highest BCUT2D eigenvalue weighted by molar-refractivity contribution is 7.90. The van der Waals surface area contributed by atoms with E-state index < -0.39 is 16.1 Å². The Kier molecular flexibility index (Phi) is 5.27. The monoisotopic (exact) mass is 441 g/mol. The van der Waals surface area contributed by atoms with Crippen LogP contribution in [0.3, 0.4) is 0 Å². The molecular weight excluding hydrogens is 422 g/mol. The molecule has 0 spiro atoms. The molecule has 1 atom stereocenters. The highest BCUT2D eigenvalue weighted by Crippen LogP contribution is 2.38. The third-order valence-corrected chi connectivity index (χ3v) is 6.41. The van der Waals surface area contributed by atoms with Crippen molar-refractivity contribution < 1.29 is 13.5 Å². The van der Waals surface area contributed by atoms with E-state index in [4.69, 9.17) is 11.6 Å². The number of likely N-dealkylation sites (N-methyl/N-ethyl adjacent to an activating group) is 1. The average Bonchev–Trinajstić information content (AvgIpc) is 2.71. The Morgan fingerprint density at radius 3 is 2.63 bits per heavy atom. The van der Waals surface area contributed by atoms with Gasteiger partial charge in [-0.05, 0) is 30.3 Å². The van der Waals surface area contributed by atoms with E-state index in [2.05, 4.69) is 10.3 Å². The molecule has 4 rings (SSSR count). The number of sulfone groups is 1. The maximum Gasteiger partial charge on any atom is 0.175 e. The summed E-state index contributed by atoms with van der Waals surface area (Å²) < 4.78 is 23.6. The van der Waals surface area contributed by atoms with Crippen LogP contribution >= 0.6 is 11.6 Å². The van der Waals surface area contributed by atoms with Crippen molar-refractivity contribution in [3.8, 4) is 0 Å². The summed E-state index contributed by atoms with van der Waals surface area (Å²) in [4.78, 5) is 6.41. The smallest absolute Gasteiger partial charge is 0.175 e. The van der Waals surface area contributed by atoms with Crippen LogP contribution in [0.5, 0.6) is 0 Å². The van der Waals surface area contributed by atoms with Gasteiger partial charge in [-0.1, -0.05) is 35.9 Å². The van der Waals surface area contributed by atoms with E-state index in [1.54, 1.807) is 48.5 Å². The Bertz CT molecular complexity index is 1260. The van der Waals surface area contributed by atoms with Gasteiger partial charge >= 0.3 is 0 Å². The Morgan fingerprint density at radius 1 is 1.13 bits per heavy atom. The van der Waals surface area contributed by atoms with E-state index in [1.165, 1.54) is 6.26 Å². The van der Waals surface area contributed by atoms with Crippen LogP contribution in [0.25, 0.3) is 11.6 Å². The summed E-state index contributed by atoms with van der Waals surface area (Å²) in [7, 11) is -1.51. The van der Waals surface area contributed by atoms with Crippen molar-refractivity contribution in [3.05, 3.63) is 76.9 Å². The Hall–Kier alpha value is -2.87. The fourth-order valence-corrected chi connectivity index (χ4v) is 4.30. The van der Waals surface area contributed by atoms with Crippen LogP contribution in [0.2, 0.25) is 5.02 Å². The zero-order valence-corrected chi connectivity index (χ0v) is 17.9.